The number of carbonyl (C=O) groups excluding carboxylic acids is 1. The first kappa shape index (κ1) is 14.6. The van der Waals surface area contributed by atoms with Crippen molar-refractivity contribution in [3.8, 4) is 0 Å². The molecule has 1 fully saturated rings. The number of fused-ring (bicyclic) bond motifs is 1. The van der Waals surface area contributed by atoms with Crippen LogP contribution < -0.4 is 4.90 Å². The molecule has 3 aromatic rings. The molecule has 0 bridgehead atoms. The van der Waals surface area contributed by atoms with E-state index in [2.05, 4.69) is 19.9 Å². The minimum absolute atomic E-state index is 0.0169. The first-order valence-electron chi connectivity index (χ1n) is 7.62. The van der Waals surface area contributed by atoms with E-state index >= 15 is 0 Å². The Labute approximate surface area is 137 Å². The van der Waals surface area contributed by atoms with Gasteiger partial charge in [-0.3, -0.25) is 4.79 Å². The zero-order valence-electron chi connectivity index (χ0n) is 12.8. The predicted molar refractivity (Wildman–Crippen MR) is 85.7 cm³/mol. The van der Waals surface area contributed by atoms with Crippen LogP contribution in [0.4, 0.5) is 10.2 Å². The van der Waals surface area contributed by atoms with Gasteiger partial charge in [-0.05, 0) is 17.7 Å². The number of benzene rings is 1. The van der Waals surface area contributed by atoms with Crippen LogP contribution in [0.5, 0.6) is 0 Å². The summed E-state index contributed by atoms with van der Waals surface area (Å²) in [6, 6.07) is 6.33. The molecule has 24 heavy (non-hydrogen) atoms. The Hall–Kier alpha value is -3.03. The maximum absolute atomic E-state index is 13.3. The standard InChI is InChI=1S/C16H15FN6O/c17-12-3-1-2-11(6-12)7-22-4-5-23(8-13(22)24)16-14-15(19-9-18-14)20-10-21-16/h1-3,6,9-10H,4-5,7-8H2,(H,18,19,20,21). The van der Waals surface area contributed by atoms with Gasteiger partial charge < -0.3 is 14.8 Å². The fraction of sp³-hybridized carbons (Fsp3) is 0.250. The van der Waals surface area contributed by atoms with Crippen LogP contribution >= 0.6 is 0 Å². The highest BCUT2D eigenvalue weighted by Crippen LogP contribution is 2.21. The summed E-state index contributed by atoms with van der Waals surface area (Å²) in [7, 11) is 0. The zero-order valence-corrected chi connectivity index (χ0v) is 12.8. The molecule has 0 aliphatic carbocycles. The molecular weight excluding hydrogens is 311 g/mol. The van der Waals surface area contributed by atoms with Crippen LogP contribution in [0.15, 0.2) is 36.9 Å². The van der Waals surface area contributed by atoms with Crippen molar-refractivity contribution in [1.29, 1.82) is 0 Å². The highest BCUT2D eigenvalue weighted by Gasteiger charge is 2.26. The molecule has 3 heterocycles. The number of imidazole rings is 1. The number of aromatic amines is 1. The lowest BCUT2D eigenvalue weighted by molar-refractivity contribution is -0.131. The van der Waals surface area contributed by atoms with Gasteiger partial charge in [0.2, 0.25) is 5.91 Å². The Balaban J connectivity index is 1.50. The van der Waals surface area contributed by atoms with E-state index in [-0.39, 0.29) is 18.3 Å². The van der Waals surface area contributed by atoms with Crippen molar-refractivity contribution in [3.63, 3.8) is 0 Å². The number of carbonyl (C=O) groups is 1. The first-order chi connectivity index (χ1) is 11.7. The van der Waals surface area contributed by atoms with Crippen LogP contribution in [0.1, 0.15) is 5.56 Å². The molecule has 4 rings (SSSR count). The second kappa shape index (κ2) is 5.88. The second-order valence-corrected chi connectivity index (χ2v) is 5.67. The Bertz CT molecular complexity index is 895. The third kappa shape index (κ3) is 2.66. The van der Waals surface area contributed by atoms with Crippen molar-refractivity contribution in [3.05, 3.63) is 48.3 Å². The number of aromatic nitrogens is 4. The van der Waals surface area contributed by atoms with Crippen LogP contribution in [0.3, 0.4) is 0 Å². The van der Waals surface area contributed by atoms with E-state index in [9.17, 15) is 9.18 Å². The van der Waals surface area contributed by atoms with Gasteiger partial charge in [-0.1, -0.05) is 12.1 Å². The quantitative estimate of drug-likeness (QED) is 0.786. The number of anilines is 1. The molecule has 0 radical (unpaired) electrons. The van der Waals surface area contributed by atoms with Crippen LogP contribution in [0.25, 0.3) is 11.2 Å². The Morgan fingerprint density at radius 1 is 1.21 bits per heavy atom. The maximum Gasteiger partial charge on any atom is 0.242 e. The summed E-state index contributed by atoms with van der Waals surface area (Å²) in [5.41, 5.74) is 2.09. The molecule has 7 nitrogen and oxygen atoms in total. The van der Waals surface area contributed by atoms with Crippen LogP contribution in [0, 0.1) is 5.82 Å². The molecule has 1 amide bonds. The zero-order chi connectivity index (χ0) is 16.5. The van der Waals surface area contributed by atoms with Crippen molar-refractivity contribution in [2.45, 2.75) is 6.54 Å². The number of hydrogen-bond acceptors (Lipinski definition) is 5. The molecule has 1 saturated heterocycles. The van der Waals surface area contributed by atoms with Gasteiger partial charge in [0, 0.05) is 19.6 Å². The predicted octanol–water partition coefficient (Wildman–Crippen LogP) is 1.34. The number of piperazine rings is 1. The van der Waals surface area contributed by atoms with Crippen LogP contribution in [0.2, 0.25) is 0 Å². The van der Waals surface area contributed by atoms with Gasteiger partial charge in [-0.2, -0.15) is 0 Å². The molecule has 122 valence electrons. The monoisotopic (exact) mass is 326 g/mol. The largest absolute Gasteiger partial charge is 0.344 e. The molecule has 0 saturated carbocycles. The van der Waals surface area contributed by atoms with E-state index in [0.29, 0.717) is 31.1 Å². The molecule has 1 N–H and O–H groups in total. The number of hydrogen-bond donors (Lipinski definition) is 1. The molecule has 1 aliphatic heterocycles. The SMILES string of the molecule is O=C1CN(c2ncnc3nc[nH]c23)CCN1Cc1cccc(F)c1. The van der Waals surface area contributed by atoms with Gasteiger partial charge in [-0.15, -0.1) is 0 Å². The van der Waals surface area contributed by atoms with Gasteiger partial charge >= 0.3 is 0 Å². The normalized spacial score (nSPS) is 15.3. The molecule has 0 unspecified atom stereocenters. The number of nitrogens with zero attached hydrogens (tertiary/aromatic N) is 5. The van der Waals surface area contributed by atoms with Gasteiger partial charge in [0.05, 0.1) is 12.9 Å². The fourth-order valence-corrected chi connectivity index (χ4v) is 2.90. The number of halogens is 1. The summed E-state index contributed by atoms with van der Waals surface area (Å²) in [4.78, 5) is 31.6. The molecule has 1 aromatic carbocycles. The van der Waals surface area contributed by atoms with Crippen molar-refractivity contribution in [2.75, 3.05) is 24.5 Å². The number of amides is 1. The molecule has 0 spiro atoms. The Kier molecular flexibility index (Phi) is 3.56. The number of H-pyrrole nitrogens is 1. The first-order valence-corrected chi connectivity index (χ1v) is 7.62. The number of rotatable bonds is 3. The van der Waals surface area contributed by atoms with Crippen LogP contribution in [-0.4, -0.2) is 50.4 Å². The minimum atomic E-state index is -0.291. The summed E-state index contributed by atoms with van der Waals surface area (Å²) >= 11 is 0. The summed E-state index contributed by atoms with van der Waals surface area (Å²) in [6.07, 6.45) is 3.01. The topological polar surface area (TPSA) is 78.0 Å². The van der Waals surface area contributed by atoms with Gasteiger partial charge in [0.15, 0.2) is 11.5 Å². The molecule has 0 atom stereocenters. The van der Waals surface area contributed by atoms with E-state index in [0.717, 1.165) is 11.1 Å². The molecular formula is C16H15FN6O. The average molecular weight is 326 g/mol. The molecule has 1 aliphatic rings. The summed E-state index contributed by atoms with van der Waals surface area (Å²) < 4.78 is 13.3. The van der Waals surface area contributed by atoms with E-state index < -0.39 is 0 Å². The Morgan fingerprint density at radius 3 is 2.96 bits per heavy atom. The third-order valence-corrected chi connectivity index (χ3v) is 4.08. The van der Waals surface area contributed by atoms with Crippen molar-refractivity contribution >= 4 is 22.9 Å². The van der Waals surface area contributed by atoms with Crippen LogP contribution in [-0.2, 0) is 11.3 Å². The molecule has 2 aromatic heterocycles. The van der Waals surface area contributed by atoms with Crippen molar-refractivity contribution in [1.82, 2.24) is 24.8 Å². The highest BCUT2D eigenvalue weighted by atomic mass is 19.1. The van der Waals surface area contributed by atoms with Crippen molar-refractivity contribution < 1.29 is 9.18 Å². The lowest BCUT2D eigenvalue weighted by Gasteiger charge is -2.35. The second-order valence-electron chi connectivity index (χ2n) is 5.67. The van der Waals surface area contributed by atoms with Gasteiger partial charge in [-0.25, -0.2) is 19.3 Å². The number of nitrogens with one attached hydrogen (secondary N) is 1. The lowest BCUT2D eigenvalue weighted by atomic mass is 10.2. The van der Waals surface area contributed by atoms with Gasteiger partial charge in [0.25, 0.3) is 0 Å². The summed E-state index contributed by atoms with van der Waals surface area (Å²) in [6.45, 7) is 1.83. The maximum atomic E-state index is 13.3. The van der Waals surface area contributed by atoms with E-state index in [4.69, 9.17) is 0 Å². The average Bonchev–Trinajstić information content (AvgIpc) is 3.05. The summed E-state index contributed by atoms with van der Waals surface area (Å²) in [5, 5.41) is 0. The summed E-state index contributed by atoms with van der Waals surface area (Å²) in [5.74, 6) is 0.370. The van der Waals surface area contributed by atoms with E-state index in [1.807, 2.05) is 11.0 Å². The minimum Gasteiger partial charge on any atom is -0.344 e. The van der Waals surface area contributed by atoms with E-state index in [1.54, 1.807) is 17.3 Å². The molecule has 8 heteroatoms. The fourth-order valence-electron chi connectivity index (χ4n) is 2.90. The van der Waals surface area contributed by atoms with Crippen molar-refractivity contribution in [2.24, 2.45) is 0 Å². The van der Waals surface area contributed by atoms with Gasteiger partial charge in [0.1, 0.15) is 17.7 Å². The smallest absolute Gasteiger partial charge is 0.242 e. The Morgan fingerprint density at radius 2 is 2.12 bits per heavy atom. The lowest BCUT2D eigenvalue weighted by Crippen LogP contribution is -2.50. The van der Waals surface area contributed by atoms with E-state index in [1.165, 1.54) is 18.5 Å². The highest BCUT2D eigenvalue weighted by molar-refractivity contribution is 5.88. The third-order valence-electron chi connectivity index (χ3n) is 4.08.